The predicted octanol–water partition coefficient (Wildman–Crippen LogP) is 10.0. The molecule has 0 aromatic heterocycles. The van der Waals surface area contributed by atoms with E-state index in [1.54, 1.807) is 0 Å². The van der Waals surface area contributed by atoms with E-state index < -0.39 is 5.60 Å². The number of alkyl carbamates (subject to hydrolysis) is 1. The zero-order valence-electron chi connectivity index (χ0n) is 35.8. The predicted molar refractivity (Wildman–Crippen MR) is 221 cm³/mol. The number of ether oxygens (including phenoxy) is 4. The van der Waals surface area contributed by atoms with Crippen molar-refractivity contribution in [2.75, 3.05) is 59.1 Å². The molecule has 2 N–H and O–H groups in total. The maximum atomic E-state index is 12.0. The Morgan fingerprint density at radius 2 is 1.42 bits per heavy atom. The van der Waals surface area contributed by atoms with Gasteiger partial charge in [-0.05, 0) is 175 Å². The van der Waals surface area contributed by atoms with Gasteiger partial charge < -0.3 is 29.6 Å². The zero-order valence-corrected chi connectivity index (χ0v) is 35.8. The highest BCUT2D eigenvalue weighted by atomic mass is 16.6. The molecular weight excluding hydrogens is 727 g/mol. The topological polar surface area (TPSA) is 224 Å². The number of nitrogens with zero attached hydrogens (tertiary/aromatic N) is 9. The van der Waals surface area contributed by atoms with E-state index in [0.717, 1.165) is 70.9 Å². The van der Waals surface area contributed by atoms with Crippen LogP contribution in [0.15, 0.2) is 15.3 Å². The summed E-state index contributed by atoms with van der Waals surface area (Å²) in [7, 11) is 0. The van der Waals surface area contributed by atoms with Crippen LogP contribution in [0.4, 0.5) is 4.79 Å². The van der Waals surface area contributed by atoms with Crippen LogP contribution >= 0.6 is 0 Å². The van der Waals surface area contributed by atoms with Crippen molar-refractivity contribution < 1.29 is 23.7 Å². The van der Waals surface area contributed by atoms with E-state index in [2.05, 4.69) is 61.5 Å². The van der Waals surface area contributed by atoms with E-state index in [0.29, 0.717) is 94.3 Å². The van der Waals surface area contributed by atoms with Gasteiger partial charge in [-0.1, -0.05) is 36.1 Å². The van der Waals surface area contributed by atoms with Crippen molar-refractivity contribution >= 4 is 6.09 Å². The monoisotopic (exact) mass is 800 g/mol. The van der Waals surface area contributed by atoms with E-state index in [1.165, 1.54) is 12.8 Å². The Morgan fingerprint density at radius 3 is 2.07 bits per heavy atom. The lowest BCUT2D eigenvalue weighted by molar-refractivity contribution is -0.227. The van der Waals surface area contributed by atoms with E-state index in [4.69, 9.17) is 35.5 Å². The molecule has 4 fully saturated rings. The lowest BCUT2D eigenvalue weighted by Crippen LogP contribution is -2.63. The average molecular weight is 800 g/mol. The normalized spacial score (nSPS) is 32.3. The molecule has 0 radical (unpaired) electrons. The van der Waals surface area contributed by atoms with Crippen LogP contribution in [0.1, 0.15) is 125 Å². The summed E-state index contributed by atoms with van der Waals surface area (Å²) in [6.07, 6.45) is 12.8. The summed E-state index contributed by atoms with van der Waals surface area (Å²) < 4.78 is 25.7. The number of hydrogen-bond donors (Lipinski definition) is 2. The van der Waals surface area contributed by atoms with Crippen LogP contribution in [0, 0.1) is 46.3 Å². The Bertz CT molecular complexity index is 1400. The molecule has 0 aromatic rings. The van der Waals surface area contributed by atoms with Gasteiger partial charge in [0.1, 0.15) is 5.60 Å². The standard InChI is InChI=1S/C41H73N11O5/c1-29(12-7-17-45-18-8-19-46-38(53)57-39(2,3)4)32-13-14-33-37-34(28-36(41(32,33)6)56-25-11-22-49-52-44)40(5)16-15-31(54-23-9-20-47-50-42)26-30(40)27-35(37)55-24-10-21-48-51-43/h29-37,45H,7-28H2,1-6H3,(H,46,53)/t29-,30+,31-,32?,33+,34+,35-,36+,37+,40+,41-/m1/s1. The molecule has 4 aliphatic rings. The number of rotatable bonds is 24. The Morgan fingerprint density at radius 1 is 0.789 bits per heavy atom. The smallest absolute Gasteiger partial charge is 0.407 e. The van der Waals surface area contributed by atoms with Gasteiger partial charge in [0.25, 0.3) is 0 Å². The van der Waals surface area contributed by atoms with Crippen molar-refractivity contribution in [3.8, 4) is 0 Å². The summed E-state index contributed by atoms with van der Waals surface area (Å²) in [6.45, 7) is 18.6. The number of carbonyl (C=O) groups excluding carboxylic acids is 1. The quantitative estimate of drug-likeness (QED) is 0.0418. The highest BCUT2D eigenvalue weighted by molar-refractivity contribution is 5.67. The number of azide groups is 3. The number of carbonyl (C=O) groups is 1. The minimum Gasteiger partial charge on any atom is -0.444 e. The molecule has 16 heteroatoms. The highest BCUT2D eigenvalue weighted by Crippen LogP contribution is 2.69. The van der Waals surface area contributed by atoms with Crippen molar-refractivity contribution in [3.05, 3.63) is 31.3 Å². The first-order valence-corrected chi connectivity index (χ1v) is 21.9. The molecule has 0 bridgehead atoms. The summed E-state index contributed by atoms with van der Waals surface area (Å²) in [4.78, 5) is 20.8. The van der Waals surface area contributed by atoms with Gasteiger partial charge in [0, 0.05) is 66.1 Å². The molecule has 1 amide bonds. The fourth-order valence-corrected chi connectivity index (χ4v) is 11.5. The Labute approximate surface area is 340 Å². The summed E-state index contributed by atoms with van der Waals surface area (Å²) >= 11 is 0. The summed E-state index contributed by atoms with van der Waals surface area (Å²) in [5.41, 5.74) is 26.1. The second-order valence-corrected chi connectivity index (χ2v) is 18.6. The Kier molecular flexibility index (Phi) is 18.8. The van der Waals surface area contributed by atoms with Crippen molar-refractivity contribution in [3.63, 3.8) is 0 Å². The van der Waals surface area contributed by atoms with Crippen LogP contribution in [-0.4, -0.2) is 89.1 Å². The van der Waals surface area contributed by atoms with Crippen LogP contribution in [0.25, 0.3) is 31.3 Å². The van der Waals surface area contributed by atoms with Gasteiger partial charge in [0.2, 0.25) is 0 Å². The van der Waals surface area contributed by atoms with E-state index in [-0.39, 0.29) is 35.2 Å². The van der Waals surface area contributed by atoms with Gasteiger partial charge in [0.15, 0.2) is 0 Å². The molecule has 0 spiro atoms. The van der Waals surface area contributed by atoms with Crippen molar-refractivity contribution in [1.82, 2.24) is 10.6 Å². The first-order chi connectivity index (χ1) is 27.4. The van der Waals surface area contributed by atoms with Crippen LogP contribution in [0.3, 0.4) is 0 Å². The van der Waals surface area contributed by atoms with Crippen LogP contribution in [0.2, 0.25) is 0 Å². The molecule has 4 rings (SSSR count). The molecule has 322 valence electrons. The first kappa shape index (κ1) is 46.7. The van der Waals surface area contributed by atoms with Gasteiger partial charge in [-0.25, -0.2) is 4.79 Å². The molecule has 0 aliphatic heterocycles. The van der Waals surface area contributed by atoms with E-state index in [1.807, 2.05) is 20.8 Å². The van der Waals surface area contributed by atoms with E-state index in [9.17, 15) is 4.79 Å². The highest BCUT2D eigenvalue weighted by Gasteiger charge is 2.66. The van der Waals surface area contributed by atoms with Gasteiger partial charge in [-0.2, -0.15) is 0 Å². The minimum absolute atomic E-state index is 0.0119. The SMILES string of the molecule is C[C@H](CCCNCCCNC(=O)OC(C)(C)C)C1CC[C@H]2[C@@H]3[C@H](OCCCN=[N+]=[N-])C[C@@H]4C[C@H](OCCCN=[N+]=[N-])CC[C@]4(C)[C@H]3C[C@H](OCCCN=[N+]=[N-])[C@]12C. The van der Waals surface area contributed by atoms with Gasteiger partial charge in [-0.15, -0.1) is 0 Å². The number of amides is 1. The Balaban J connectivity index is 1.46. The molecule has 16 nitrogen and oxygen atoms in total. The number of nitrogens with one attached hydrogen (secondary N) is 2. The first-order valence-electron chi connectivity index (χ1n) is 21.9. The lowest BCUT2D eigenvalue weighted by atomic mass is 9.43. The second-order valence-electron chi connectivity index (χ2n) is 18.6. The average Bonchev–Trinajstić information content (AvgIpc) is 3.53. The number of hydrogen-bond acceptors (Lipinski definition) is 9. The third-order valence-corrected chi connectivity index (χ3v) is 14.1. The van der Waals surface area contributed by atoms with Crippen LogP contribution < -0.4 is 10.6 Å². The fourth-order valence-electron chi connectivity index (χ4n) is 11.5. The molecule has 0 aromatic carbocycles. The molecule has 0 heterocycles. The van der Waals surface area contributed by atoms with Crippen molar-refractivity contribution in [1.29, 1.82) is 0 Å². The van der Waals surface area contributed by atoms with E-state index >= 15 is 0 Å². The Hall–Kier alpha value is -2.96. The minimum atomic E-state index is -0.497. The molecule has 0 saturated heterocycles. The van der Waals surface area contributed by atoms with Gasteiger partial charge in [0.05, 0.1) is 18.3 Å². The molecule has 57 heavy (non-hydrogen) atoms. The molecule has 1 unspecified atom stereocenters. The number of fused-ring (bicyclic) bond motifs is 5. The maximum Gasteiger partial charge on any atom is 0.407 e. The third kappa shape index (κ3) is 13.0. The molecule has 4 aliphatic carbocycles. The summed E-state index contributed by atoms with van der Waals surface area (Å²) in [5.74, 6) is 2.86. The third-order valence-electron chi connectivity index (χ3n) is 14.1. The van der Waals surface area contributed by atoms with Crippen LogP contribution in [-0.2, 0) is 18.9 Å². The summed E-state index contributed by atoms with van der Waals surface area (Å²) in [6, 6.07) is 0. The van der Waals surface area contributed by atoms with Crippen LogP contribution in [0.5, 0.6) is 0 Å². The molecule has 4 saturated carbocycles. The zero-order chi connectivity index (χ0) is 41.3. The van der Waals surface area contributed by atoms with Crippen molar-refractivity contribution in [2.45, 2.75) is 149 Å². The molecule has 11 atom stereocenters. The van der Waals surface area contributed by atoms with Gasteiger partial charge >= 0.3 is 6.09 Å². The second kappa shape index (κ2) is 23.0. The largest absolute Gasteiger partial charge is 0.444 e. The maximum absolute atomic E-state index is 12.0. The molecular formula is C41H73N11O5. The van der Waals surface area contributed by atoms with Crippen molar-refractivity contribution in [2.24, 2.45) is 61.7 Å². The fraction of sp³-hybridized carbons (Fsp3) is 0.976. The summed E-state index contributed by atoms with van der Waals surface area (Å²) in [5, 5.41) is 17.7. The lowest BCUT2D eigenvalue weighted by Gasteiger charge is -2.65. The van der Waals surface area contributed by atoms with Gasteiger partial charge in [-0.3, -0.25) is 0 Å².